The van der Waals surface area contributed by atoms with E-state index in [1.807, 2.05) is 36.4 Å². The third-order valence-electron chi connectivity index (χ3n) is 3.49. The van der Waals surface area contributed by atoms with Crippen molar-refractivity contribution >= 4 is 6.03 Å². The maximum atomic E-state index is 12.0. The van der Waals surface area contributed by atoms with E-state index < -0.39 is 0 Å². The Hall–Kier alpha value is -2.47. The van der Waals surface area contributed by atoms with Crippen LogP contribution in [0, 0.1) is 0 Å². The van der Waals surface area contributed by atoms with Gasteiger partial charge in [-0.2, -0.15) is 0 Å². The van der Waals surface area contributed by atoms with Crippen LogP contribution in [0.5, 0.6) is 5.75 Å². The molecular formula is C18H24N2O4. The smallest absolute Gasteiger partial charge is 0.317 e. The van der Waals surface area contributed by atoms with E-state index in [-0.39, 0.29) is 6.03 Å². The Balaban J connectivity index is 1.58. The molecule has 1 heterocycles. The van der Waals surface area contributed by atoms with Gasteiger partial charge in [-0.3, -0.25) is 0 Å². The summed E-state index contributed by atoms with van der Waals surface area (Å²) in [6.07, 6.45) is 2.38. The van der Waals surface area contributed by atoms with Gasteiger partial charge in [0.1, 0.15) is 18.1 Å². The summed E-state index contributed by atoms with van der Waals surface area (Å²) in [5.41, 5.74) is 1.05. The number of methoxy groups -OCH3 is 1. The first-order valence-electron chi connectivity index (χ1n) is 7.91. The Morgan fingerprint density at radius 1 is 1.25 bits per heavy atom. The number of hydrogen-bond acceptors (Lipinski definition) is 4. The molecule has 6 nitrogen and oxygen atoms in total. The monoisotopic (exact) mass is 332 g/mol. The van der Waals surface area contributed by atoms with Gasteiger partial charge in [-0.1, -0.05) is 12.1 Å². The molecule has 0 aliphatic heterocycles. The molecule has 0 saturated carbocycles. The highest BCUT2D eigenvalue weighted by molar-refractivity contribution is 5.73. The van der Waals surface area contributed by atoms with Crippen molar-refractivity contribution < 1.29 is 18.7 Å². The van der Waals surface area contributed by atoms with Crippen molar-refractivity contribution in [3.8, 4) is 5.75 Å². The highest BCUT2D eigenvalue weighted by Crippen LogP contribution is 2.12. The molecule has 1 aromatic heterocycles. The van der Waals surface area contributed by atoms with E-state index in [4.69, 9.17) is 13.9 Å². The second kappa shape index (κ2) is 9.62. The number of furan rings is 1. The summed E-state index contributed by atoms with van der Waals surface area (Å²) in [5, 5.41) is 2.88. The summed E-state index contributed by atoms with van der Waals surface area (Å²) in [6, 6.07) is 11.3. The summed E-state index contributed by atoms with van der Waals surface area (Å²) in [4.78, 5) is 13.7. The molecule has 0 atom stereocenters. The lowest BCUT2D eigenvalue weighted by atomic mass is 10.2. The van der Waals surface area contributed by atoms with Gasteiger partial charge < -0.3 is 24.1 Å². The Morgan fingerprint density at radius 3 is 2.71 bits per heavy atom. The minimum atomic E-state index is -0.100. The molecule has 6 heteroatoms. The van der Waals surface area contributed by atoms with Gasteiger partial charge in [-0.15, -0.1) is 0 Å². The normalized spacial score (nSPS) is 10.4. The third-order valence-corrected chi connectivity index (χ3v) is 3.49. The molecule has 0 unspecified atom stereocenters. The van der Waals surface area contributed by atoms with E-state index >= 15 is 0 Å². The Kier molecular flexibility index (Phi) is 7.17. The largest absolute Gasteiger partial charge is 0.497 e. The number of nitrogens with zero attached hydrogens (tertiary/aromatic N) is 1. The maximum absolute atomic E-state index is 12.0. The molecular weight excluding hydrogens is 308 g/mol. The van der Waals surface area contributed by atoms with Crippen LogP contribution in [0.1, 0.15) is 17.7 Å². The summed E-state index contributed by atoms with van der Waals surface area (Å²) in [5.74, 6) is 1.61. The average molecular weight is 332 g/mol. The SMILES string of the molecule is COc1ccc(CN(C)C(=O)NCCCOCc2ccco2)cc1. The molecule has 0 saturated heterocycles. The first kappa shape index (κ1) is 17.9. The minimum Gasteiger partial charge on any atom is -0.497 e. The fraction of sp³-hybridized carbons (Fsp3) is 0.389. The van der Waals surface area contributed by atoms with Crippen LogP contribution in [-0.2, 0) is 17.9 Å². The molecule has 0 spiro atoms. The number of rotatable bonds is 9. The Morgan fingerprint density at radius 2 is 2.04 bits per heavy atom. The van der Waals surface area contributed by atoms with Gasteiger partial charge in [-0.05, 0) is 36.2 Å². The van der Waals surface area contributed by atoms with Crippen molar-refractivity contribution in [1.82, 2.24) is 10.2 Å². The zero-order valence-corrected chi connectivity index (χ0v) is 14.2. The van der Waals surface area contributed by atoms with Crippen LogP contribution in [0.15, 0.2) is 47.1 Å². The van der Waals surface area contributed by atoms with E-state index in [0.29, 0.717) is 26.3 Å². The number of carbonyl (C=O) groups excluding carboxylic acids is 1. The lowest BCUT2D eigenvalue weighted by Crippen LogP contribution is -2.37. The van der Waals surface area contributed by atoms with Crippen molar-refractivity contribution in [1.29, 1.82) is 0 Å². The minimum absolute atomic E-state index is 0.100. The first-order chi connectivity index (χ1) is 11.7. The van der Waals surface area contributed by atoms with Gasteiger partial charge in [0.2, 0.25) is 0 Å². The van der Waals surface area contributed by atoms with E-state index in [2.05, 4.69) is 5.32 Å². The van der Waals surface area contributed by atoms with E-state index in [1.54, 1.807) is 25.3 Å². The van der Waals surface area contributed by atoms with Gasteiger partial charge >= 0.3 is 6.03 Å². The van der Waals surface area contributed by atoms with Crippen LogP contribution in [0.2, 0.25) is 0 Å². The summed E-state index contributed by atoms with van der Waals surface area (Å²) in [7, 11) is 3.40. The molecule has 0 radical (unpaired) electrons. The van der Waals surface area contributed by atoms with Crippen LogP contribution in [0.3, 0.4) is 0 Å². The van der Waals surface area contributed by atoms with Crippen LogP contribution in [0.25, 0.3) is 0 Å². The molecule has 2 aromatic rings. The topological polar surface area (TPSA) is 63.9 Å². The van der Waals surface area contributed by atoms with Crippen molar-refractivity contribution in [3.05, 3.63) is 54.0 Å². The summed E-state index contributed by atoms with van der Waals surface area (Å²) >= 11 is 0. The number of nitrogens with one attached hydrogen (secondary N) is 1. The van der Waals surface area contributed by atoms with Gasteiger partial charge in [0.15, 0.2) is 0 Å². The van der Waals surface area contributed by atoms with Crippen molar-refractivity contribution in [3.63, 3.8) is 0 Å². The van der Waals surface area contributed by atoms with Crippen LogP contribution >= 0.6 is 0 Å². The van der Waals surface area contributed by atoms with Crippen molar-refractivity contribution in [2.24, 2.45) is 0 Å². The summed E-state index contributed by atoms with van der Waals surface area (Å²) in [6.45, 7) is 2.15. The summed E-state index contributed by atoms with van der Waals surface area (Å²) < 4.78 is 15.8. The highest BCUT2D eigenvalue weighted by Gasteiger charge is 2.08. The molecule has 2 rings (SSSR count). The zero-order valence-electron chi connectivity index (χ0n) is 14.2. The predicted octanol–water partition coefficient (Wildman–Crippen LogP) is 3.04. The molecule has 130 valence electrons. The Bertz CT molecular complexity index is 596. The molecule has 0 aliphatic rings. The number of amides is 2. The van der Waals surface area contributed by atoms with Crippen LogP contribution in [-0.4, -0.2) is 38.2 Å². The molecule has 1 aromatic carbocycles. The second-order valence-corrected chi connectivity index (χ2v) is 5.42. The maximum Gasteiger partial charge on any atom is 0.317 e. The molecule has 1 N–H and O–H groups in total. The van der Waals surface area contributed by atoms with E-state index in [1.165, 1.54) is 0 Å². The third kappa shape index (κ3) is 5.96. The fourth-order valence-corrected chi connectivity index (χ4v) is 2.15. The quantitative estimate of drug-likeness (QED) is 0.717. The number of carbonyl (C=O) groups is 1. The Labute approximate surface area is 142 Å². The fourth-order valence-electron chi connectivity index (χ4n) is 2.15. The zero-order chi connectivity index (χ0) is 17.2. The van der Waals surface area contributed by atoms with Crippen LogP contribution < -0.4 is 10.1 Å². The van der Waals surface area contributed by atoms with E-state index in [0.717, 1.165) is 23.5 Å². The predicted molar refractivity (Wildman–Crippen MR) is 90.8 cm³/mol. The molecule has 0 aliphatic carbocycles. The lowest BCUT2D eigenvalue weighted by Gasteiger charge is -2.18. The molecule has 0 fully saturated rings. The highest BCUT2D eigenvalue weighted by atomic mass is 16.5. The van der Waals surface area contributed by atoms with Gasteiger partial charge in [-0.25, -0.2) is 4.79 Å². The van der Waals surface area contributed by atoms with Crippen molar-refractivity contribution in [2.45, 2.75) is 19.6 Å². The van der Waals surface area contributed by atoms with Gasteiger partial charge in [0, 0.05) is 26.7 Å². The van der Waals surface area contributed by atoms with Gasteiger partial charge in [0.05, 0.1) is 13.4 Å². The van der Waals surface area contributed by atoms with Crippen molar-refractivity contribution in [2.75, 3.05) is 27.3 Å². The number of hydrogen-bond donors (Lipinski definition) is 1. The second-order valence-electron chi connectivity index (χ2n) is 5.42. The standard InChI is InChI=1S/C18H24N2O4/c1-20(13-15-6-8-16(22-2)9-7-15)18(21)19-10-4-11-23-14-17-5-3-12-24-17/h3,5-9,12H,4,10-11,13-14H2,1-2H3,(H,19,21). The molecule has 0 bridgehead atoms. The number of urea groups is 1. The lowest BCUT2D eigenvalue weighted by molar-refractivity contribution is 0.104. The molecule has 2 amide bonds. The molecule has 24 heavy (non-hydrogen) atoms. The van der Waals surface area contributed by atoms with Crippen LogP contribution in [0.4, 0.5) is 4.79 Å². The van der Waals surface area contributed by atoms with E-state index in [9.17, 15) is 4.79 Å². The number of benzene rings is 1. The number of ether oxygens (including phenoxy) is 2. The first-order valence-corrected chi connectivity index (χ1v) is 7.91. The van der Waals surface area contributed by atoms with Gasteiger partial charge in [0.25, 0.3) is 0 Å². The average Bonchev–Trinajstić information content (AvgIpc) is 3.11.